The Hall–Kier alpha value is -3.57. The van der Waals surface area contributed by atoms with Crippen LogP contribution in [0.2, 0.25) is 0 Å². The van der Waals surface area contributed by atoms with Crippen LogP contribution in [0.15, 0.2) is 74.5 Å². The minimum Gasteiger partial charge on any atom is -0.507 e. The van der Waals surface area contributed by atoms with E-state index in [1.165, 1.54) is 18.2 Å². The lowest BCUT2D eigenvalue weighted by Gasteiger charge is -2.35. The Morgan fingerprint density at radius 2 is 1.76 bits per heavy atom. The summed E-state index contributed by atoms with van der Waals surface area (Å²) in [5, 5.41) is 10.5. The smallest absolute Gasteiger partial charge is 0.453 e. The Balaban J connectivity index is 1.50. The van der Waals surface area contributed by atoms with Crippen LogP contribution >= 0.6 is 15.9 Å². The molecule has 3 heterocycles. The number of ether oxygens (including phenoxy) is 1. The molecule has 7 nitrogen and oxygen atoms in total. The van der Waals surface area contributed by atoms with Gasteiger partial charge in [0.15, 0.2) is 0 Å². The van der Waals surface area contributed by atoms with Crippen LogP contribution in [0.3, 0.4) is 0 Å². The van der Waals surface area contributed by atoms with Crippen LogP contribution in [-0.4, -0.2) is 41.2 Å². The molecule has 0 unspecified atom stereocenters. The largest absolute Gasteiger partial charge is 0.507 e. The molecule has 0 saturated carbocycles. The summed E-state index contributed by atoms with van der Waals surface area (Å²) < 4.78 is 53.3. The summed E-state index contributed by atoms with van der Waals surface area (Å²) >= 11 is 3.21. The summed E-state index contributed by atoms with van der Waals surface area (Å²) in [4.78, 5) is 21.7. The molecule has 0 amide bonds. The van der Waals surface area contributed by atoms with E-state index in [2.05, 4.69) is 25.8 Å². The highest BCUT2D eigenvalue weighted by Crippen LogP contribution is 2.41. The van der Waals surface area contributed by atoms with Crippen molar-refractivity contribution in [1.82, 2.24) is 9.88 Å². The number of phenolic OH excluding ortho intramolecular Hbond substituents is 1. The fourth-order valence-corrected chi connectivity index (χ4v) is 4.62. The molecule has 0 radical (unpaired) electrons. The number of hydrogen-bond donors (Lipinski definition) is 1. The predicted molar refractivity (Wildman–Crippen MR) is 135 cm³/mol. The summed E-state index contributed by atoms with van der Waals surface area (Å²) in [6.07, 6.45) is -3.30. The van der Waals surface area contributed by atoms with Gasteiger partial charge < -0.3 is 19.2 Å². The van der Waals surface area contributed by atoms with Crippen molar-refractivity contribution in [2.24, 2.45) is 0 Å². The second-order valence-electron chi connectivity index (χ2n) is 8.51. The molecule has 0 spiro atoms. The number of para-hydroxylation sites is 1. The first-order valence-electron chi connectivity index (χ1n) is 11.4. The minimum absolute atomic E-state index is 0.0319. The van der Waals surface area contributed by atoms with Crippen LogP contribution in [0.1, 0.15) is 11.3 Å². The van der Waals surface area contributed by atoms with Gasteiger partial charge in [-0.25, -0.2) is 4.98 Å². The van der Waals surface area contributed by atoms with Crippen molar-refractivity contribution in [1.29, 1.82) is 0 Å². The molecular formula is C26H21BrF3N3O4. The normalized spacial score (nSPS) is 14.8. The second kappa shape index (κ2) is 10.1. The van der Waals surface area contributed by atoms with Gasteiger partial charge in [0, 0.05) is 38.9 Å². The van der Waals surface area contributed by atoms with Gasteiger partial charge in [-0.1, -0.05) is 18.2 Å². The first-order chi connectivity index (χ1) is 17.7. The summed E-state index contributed by atoms with van der Waals surface area (Å²) in [7, 11) is 0. The first kappa shape index (κ1) is 25.1. The minimum atomic E-state index is -5.01. The molecule has 37 heavy (non-hydrogen) atoms. The van der Waals surface area contributed by atoms with Crippen LogP contribution in [-0.2, 0) is 12.7 Å². The van der Waals surface area contributed by atoms with E-state index in [0.29, 0.717) is 30.7 Å². The van der Waals surface area contributed by atoms with Gasteiger partial charge in [-0.15, -0.1) is 0 Å². The molecular weight excluding hydrogens is 555 g/mol. The van der Waals surface area contributed by atoms with Crippen molar-refractivity contribution in [2.75, 3.05) is 31.1 Å². The number of piperazine rings is 1. The number of pyridine rings is 1. The standard InChI is InChI=1S/C26H21BrF3N3O4/c27-18-5-1-2-6-20(18)36-24-22(35)16-8-9-19(34)17(23(16)37-25(24)26(28,29)30)15-32-11-13-33(14-12-32)21-7-3-4-10-31-21/h1-10,34H,11-15H2. The van der Waals surface area contributed by atoms with Crippen molar-refractivity contribution in [3.8, 4) is 17.2 Å². The number of benzene rings is 2. The SMILES string of the molecule is O=c1c(Oc2ccccc2Br)c(C(F)(F)F)oc2c(CN3CCN(c4ccccn4)CC3)c(O)ccc12. The van der Waals surface area contributed by atoms with Crippen LogP contribution in [0, 0.1) is 0 Å². The molecule has 5 rings (SSSR count). The van der Waals surface area contributed by atoms with E-state index in [4.69, 9.17) is 9.15 Å². The summed E-state index contributed by atoms with van der Waals surface area (Å²) in [6, 6.07) is 14.4. The Morgan fingerprint density at radius 1 is 1.03 bits per heavy atom. The van der Waals surface area contributed by atoms with E-state index in [1.807, 2.05) is 23.1 Å². The number of nitrogens with zero attached hydrogens (tertiary/aromatic N) is 3. The predicted octanol–water partition coefficient (Wildman–Crippen LogP) is 5.79. The van der Waals surface area contributed by atoms with Gasteiger partial charge in [0.1, 0.15) is 22.9 Å². The van der Waals surface area contributed by atoms with E-state index in [0.717, 1.165) is 5.82 Å². The van der Waals surface area contributed by atoms with Gasteiger partial charge in [-0.05, 0) is 52.3 Å². The molecule has 0 aliphatic carbocycles. The average molecular weight is 576 g/mol. The number of anilines is 1. The highest BCUT2D eigenvalue weighted by Gasteiger charge is 2.41. The number of aromatic nitrogens is 1. The third kappa shape index (κ3) is 5.14. The van der Waals surface area contributed by atoms with Gasteiger partial charge in [-0.2, -0.15) is 13.2 Å². The molecule has 1 aliphatic rings. The maximum Gasteiger partial charge on any atom is 0.453 e. The summed E-state index contributed by atoms with van der Waals surface area (Å²) in [6.45, 7) is 2.54. The number of phenols is 1. The van der Waals surface area contributed by atoms with Crippen LogP contribution in [0.25, 0.3) is 11.0 Å². The zero-order valence-electron chi connectivity index (χ0n) is 19.3. The number of hydrogen-bond acceptors (Lipinski definition) is 7. The quantitative estimate of drug-likeness (QED) is 0.322. The van der Waals surface area contributed by atoms with Crippen LogP contribution in [0.4, 0.5) is 19.0 Å². The number of aromatic hydroxyl groups is 1. The Kier molecular flexibility index (Phi) is 6.82. The van der Waals surface area contributed by atoms with Crippen molar-refractivity contribution < 1.29 is 27.4 Å². The molecule has 1 fully saturated rings. The second-order valence-corrected chi connectivity index (χ2v) is 9.37. The van der Waals surface area contributed by atoms with Gasteiger partial charge in [0.25, 0.3) is 5.76 Å². The zero-order chi connectivity index (χ0) is 26.2. The highest BCUT2D eigenvalue weighted by molar-refractivity contribution is 9.10. The first-order valence-corrected chi connectivity index (χ1v) is 12.2. The van der Waals surface area contributed by atoms with Gasteiger partial charge in [0.05, 0.1) is 15.4 Å². The summed E-state index contributed by atoms with van der Waals surface area (Å²) in [5.74, 6) is -1.91. The van der Waals surface area contributed by atoms with Crippen molar-refractivity contribution in [2.45, 2.75) is 12.7 Å². The van der Waals surface area contributed by atoms with Crippen molar-refractivity contribution in [3.63, 3.8) is 0 Å². The molecule has 0 atom stereocenters. The van der Waals surface area contributed by atoms with Crippen molar-refractivity contribution >= 4 is 32.7 Å². The lowest BCUT2D eigenvalue weighted by molar-refractivity contribution is -0.154. The highest BCUT2D eigenvalue weighted by atomic mass is 79.9. The lowest BCUT2D eigenvalue weighted by atomic mass is 10.1. The third-order valence-electron chi connectivity index (χ3n) is 6.13. The fourth-order valence-electron chi connectivity index (χ4n) is 4.26. The third-order valence-corrected chi connectivity index (χ3v) is 6.79. The van der Waals surface area contributed by atoms with Crippen LogP contribution in [0.5, 0.6) is 17.2 Å². The molecule has 0 bridgehead atoms. The van der Waals surface area contributed by atoms with Gasteiger partial charge in [0.2, 0.25) is 11.2 Å². The maximum absolute atomic E-state index is 14.0. The van der Waals surface area contributed by atoms with E-state index >= 15 is 0 Å². The Morgan fingerprint density at radius 3 is 2.43 bits per heavy atom. The fraction of sp³-hybridized carbons (Fsp3) is 0.231. The number of rotatable bonds is 5. The van der Waals surface area contributed by atoms with Crippen LogP contribution < -0.4 is 15.1 Å². The molecule has 2 aromatic heterocycles. The topological polar surface area (TPSA) is 79.0 Å². The maximum atomic E-state index is 14.0. The average Bonchev–Trinajstić information content (AvgIpc) is 2.88. The molecule has 1 N–H and O–H groups in total. The Bertz CT molecular complexity index is 1490. The monoisotopic (exact) mass is 575 g/mol. The molecule has 192 valence electrons. The molecule has 1 aliphatic heterocycles. The molecule has 1 saturated heterocycles. The van der Waals surface area contributed by atoms with Gasteiger partial charge >= 0.3 is 6.18 Å². The van der Waals surface area contributed by atoms with E-state index in [9.17, 15) is 23.1 Å². The van der Waals surface area contributed by atoms with E-state index in [-0.39, 0.29) is 34.6 Å². The number of halogens is 4. The zero-order valence-corrected chi connectivity index (χ0v) is 20.9. The summed E-state index contributed by atoms with van der Waals surface area (Å²) in [5.41, 5.74) is -1.19. The van der Waals surface area contributed by atoms with E-state index in [1.54, 1.807) is 24.4 Å². The molecule has 11 heteroatoms. The molecule has 2 aromatic carbocycles. The lowest BCUT2D eigenvalue weighted by Crippen LogP contribution is -2.46. The van der Waals surface area contributed by atoms with Gasteiger partial charge in [-0.3, -0.25) is 9.69 Å². The number of fused-ring (bicyclic) bond motifs is 1. The van der Waals surface area contributed by atoms with Crippen molar-refractivity contribution in [3.05, 3.63) is 86.8 Å². The Labute approximate surface area is 217 Å². The molecule has 4 aromatic rings. The van der Waals surface area contributed by atoms with E-state index < -0.39 is 23.1 Å². The number of alkyl halides is 3.